The van der Waals surface area contributed by atoms with Crippen LogP contribution in [0.15, 0.2) is 12.3 Å². The summed E-state index contributed by atoms with van der Waals surface area (Å²) in [5.41, 5.74) is 0.447. The van der Waals surface area contributed by atoms with Crippen LogP contribution in [-0.2, 0) is 6.54 Å². The van der Waals surface area contributed by atoms with Crippen LogP contribution >= 0.6 is 0 Å². The van der Waals surface area contributed by atoms with Gasteiger partial charge in [0.25, 0.3) is 0 Å². The lowest BCUT2D eigenvalue weighted by Gasteiger charge is -2.21. The van der Waals surface area contributed by atoms with E-state index in [2.05, 4.69) is 27.4 Å². The Morgan fingerprint density at radius 1 is 1.50 bits per heavy atom. The van der Waals surface area contributed by atoms with Gasteiger partial charge in [-0.2, -0.15) is 5.10 Å². The highest BCUT2D eigenvalue weighted by Crippen LogP contribution is 2.28. The van der Waals surface area contributed by atoms with E-state index in [9.17, 15) is 5.11 Å². The van der Waals surface area contributed by atoms with Gasteiger partial charge in [-0.05, 0) is 32.3 Å². The van der Waals surface area contributed by atoms with Gasteiger partial charge < -0.3 is 10.4 Å². The summed E-state index contributed by atoms with van der Waals surface area (Å²) in [5.74, 6) is 0. The molecule has 102 valence electrons. The topological polar surface area (TPSA) is 50.1 Å². The van der Waals surface area contributed by atoms with Gasteiger partial charge in [0, 0.05) is 19.3 Å². The third kappa shape index (κ3) is 3.56. The van der Waals surface area contributed by atoms with Crippen LogP contribution in [0.25, 0.3) is 0 Å². The number of hydrogen-bond acceptors (Lipinski definition) is 3. The first-order chi connectivity index (χ1) is 8.61. The summed E-state index contributed by atoms with van der Waals surface area (Å²) < 4.78 is 2.11. The van der Waals surface area contributed by atoms with Gasteiger partial charge in [-0.15, -0.1) is 0 Å². The second kappa shape index (κ2) is 5.85. The van der Waals surface area contributed by atoms with Gasteiger partial charge in [-0.3, -0.25) is 4.68 Å². The minimum atomic E-state index is -0.617. The van der Waals surface area contributed by atoms with E-state index in [4.69, 9.17) is 0 Å². The second-order valence-electron chi connectivity index (χ2n) is 5.68. The molecule has 1 fully saturated rings. The zero-order valence-electron chi connectivity index (χ0n) is 11.5. The highest BCUT2D eigenvalue weighted by molar-refractivity contribution is 5.00. The Bertz CT molecular complexity index is 367. The number of aliphatic hydroxyl groups is 1. The average molecular weight is 251 g/mol. The normalized spacial score (nSPS) is 20.2. The fourth-order valence-corrected chi connectivity index (χ4v) is 2.43. The van der Waals surface area contributed by atoms with Crippen molar-refractivity contribution in [2.75, 3.05) is 6.54 Å². The van der Waals surface area contributed by atoms with Crippen LogP contribution in [0.4, 0.5) is 0 Å². The standard InChI is InChI=1S/C14H25N3O/c1-3-14(2,18)11-15-10-12-8-9-17(16-12)13-6-4-5-7-13/h8-9,13,15,18H,3-7,10-11H2,1-2H3. The van der Waals surface area contributed by atoms with Gasteiger partial charge in [-0.25, -0.2) is 0 Å². The molecule has 0 amide bonds. The Morgan fingerprint density at radius 3 is 2.89 bits per heavy atom. The fraction of sp³-hybridized carbons (Fsp3) is 0.786. The molecular weight excluding hydrogens is 226 g/mol. The molecule has 1 aliphatic rings. The molecule has 18 heavy (non-hydrogen) atoms. The molecule has 0 spiro atoms. The SMILES string of the molecule is CCC(C)(O)CNCc1ccn(C2CCCC2)n1. The van der Waals surface area contributed by atoms with Crippen molar-refractivity contribution in [2.45, 2.75) is 64.1 Å². The Labute approximate surface area is 109 Å². The molecule has 1 atom stereocenters. The van der Waals surface area contributed by atoms with Crippen molar-refractivity contribution < 1.29 is 5.11 Å². The minimum Gasteiger partial charge on any atom is -0.389 e. The maximum absolute atomic E-state index is 9.89. The lowest BCUT2D eigenvalue weighted by atomic mass is 10.0. The maximum Gasteiger partial charge on any atom is 0.0762 e. The van der Waals surface area contributed by atoms with Gasteiger partial charge in [0.15, 0.2) is 0 Å². The predicted molar refractivity (Wildman–Crippen MR) is 72.4 cm³/mol. The van der Waals surface area contributed by atoms with Crippen molar-refractivity contribution >= 4 is 0 Å². The van der Waals surface area contributed by atoms with Crippen LogP contribution in [0.3, 0.4) is 0 Å². The van der Waals surface area contributed by atoms with Crippen molar-refractivity contribution in [3.05, 3.63) is 18.0 Å². The quantitative estimate of drug-likeness (QED) is 0.815. The van der Waals surface area contributed by atoms with E-state index >= 15 is 0 Å². The summed E-state index contributed by atoms with van der Waals surface area (Å²) in [6.45, 7) is 5.20. The van der Waals surface area contributed by atoms with Crippen LogP contribution in [0, 0.1) is 0 Å². The zero-order valence-corrected chi connectivity index (χ0v) is 11.5. The summed E-state index contributed by atoms with van der Waals surface area (Å²) in [6.07, 6.45) is 8.04. The van der Waals surface area contributed by atoms with Crippen LogP contribution < -0.4 is 5.32 Å². The van der Waals surface area contributed by atoms with Crippen LogP contribution in [0.5, 0.6) is 0 Å². The third-order valence-corrected chi connectivity index (χ3v) is 3.94. The molecular formula is C14H25N3O. The number of aromatic nitrogens is 2. The monoisotopic (exact) mass is 251 g/mol. The van der Waals surface area contributed by atoms with E-state index in [1.54, 1.807) is 0 Å². The molecule has 0 aliphatic heterocycles. The molecule has 0 saturated heterocycles. The third-order valence-electron chi connectivity index (χ3n) is 3.94. The summed E-state index contributed by atoms with van der Waals surface area (Å²) in [6, 6.07) is 2.68. The highest BCUT2D eigenvalue weighted by Gasteiger charge is 2.18. The summed E-state index contributed by atoms with van der Waals surface area (Å²) in [5, 5.41) is 17.8. The van der Waals surface area contributed by atoms with Crippen LogP contribution in [-0.4, -0.2) is 27.0 Å². The van der Waals surface area contributed by atoms with E-state index in [0.717, 1.165) is 18.7 Å². The fourth-order valence-electron chi connectivity index (χ4n) is 2.43. The van der Waals surface area contributed by atoms with E-state index < -0.39 is 5.60 Å². The Balaban J connectivity index is 1.80. The van der Waals surface area contributed by atoms with Crippen molar-refractivity contribution in [3.8, 4) is 0 Å². The largest absolute Gasteiger partial charge is 0.389 e. The molecule has 1 aliphatic carbocycles. The lowest BCUT2D eigenvalue weighted by Crippen LogP contribution is -2.36. The molecule has 0 radical (unpaired) electrons. The summed E-state index contributed by atoms with van der Waals surface area (Å²) >= 11 is 0. The van der Waals surface area contributed by atoms with Gasteiger partial charge in [0.1, 0.15) is 0 Å². The smallest absolute Gasteiger partial charge is 0.0762 e. The highest BCUT2D eigenvalue weighted by atomic mass is 16.3. The molecule has 1 heterocycles. The Morgan fingerprint density at radius 2 is 2.22 bits per heavy atom. The van der Waals surface area contributed by atoms with Crippen LogP contribution in [0.2, 0.25) is 0 Å². The summed E-state index contributed by atoms with van der Waals surface area (Å²) in [7, 11) is 0. The van der Waals surface area contributed by atoms with Crippen LogP contribution in [0.1, 0.15) is 57.7 Å². The average Bonchev–Trinajstić information content (AvgIpc) is 2.98. The number of nitrogens with one attached hydrogen (secondary N) is 1. The zero-order chi connectivity index (χ0) is 13.0. The van der Waals surface area contributed by atoms with E-state index in [-0.39, 0.29) is 0 Å². The molecule has 2 rings (SSSR count). The molecule has 1 aromatic heterocycles. The van der Waals surface area contributed by atoms with Gasteiger partial charge in [-0.1, -0.05) is 19.8 Å². The molecule has 4 nitrogen and oxygen atoms in total. The summed E-state index contributed by atoms with van der Waals surface area (Å²) in [4.78, 5) is 0. The first-order valence-electron chi connectivity index (χ1n) is 7.08. The van der Waals surface area contributed by atoms with E-state index in [0.29, 0.717) is 12.6 Å². The molecule has 1 saturated carbocycles. The second-order valence-corrected chi connectivity index (χ2v) is 5.68. The van der Waals surface area contributed by atoms with Crippen molar-refractivity contribution in [1.29, 1.82) is 0 Å². The predicted octanol–water partition coefficient (Wildman–Crippen LogP) is 2.25. The van der Waals surface area contributed by atoms with Crippen molar-refractivity contribution in [3.63, 3.8) is 0 Å². The minimum absolute atomic E-state index is 0.609. The lowest BCUT2D eigenvalue weighted by molar-refractivity contribution is 0.0555. The first kappa shape index (κ1) is 13.6. The van der Waals surface area contributed by atoms with Gasteiger partial charge >= 0.3 is 0 Å². The molecule has 0 aromatic carbocycles. The Hall–Kier alpha value is -0.870. The number of nitrogens with zero attached hydrogens (tertiary/aromatic N) is 2. The van der Waals surface area contributed by atoms with Crippen molar-refractivity contribution in [1.82, 2.24) is 15.1 Å². The number of hydrogen-bond donors (Lipinski definition) is 2. The van der Waals surface area contributed by atoms with Gasteiger partial charge in [0.05, 0.1) is 17.3 Å². The maximum atomic E-state index is 9.89. The number of rotatable bonds is 6. The van der Waals surface area contributed by atoms with E-state index in [1.165, 1.54) is 25.7 Å². The molecule has 0 bridgehead atoms. The van der Waals surface area contributed by atoms with Gasteiger partial charge in [0.2, 0.25) is 0 Å². The Kier molecular flexibility index (Phi) is 4.40. The molecule has 4 heteroatoms. The first-order valence-corrected chi connectivity index (χ1v) is 7.08. The van der Waals surface area contributed by atoms with Crippen molar-refractivity contribution in [2.24, 2.45) is 0 Å². The molecule has 1 unspecified atom stereocenters. The molecule has 2 N–H and O–H groups in total. The van der Waals surface area contributed by atoms with E-state index in [1.807, 2.05) is 13.8 Å². The molecule has 1 aromatic rings.